The molecular formula is C55H48. The van der Waals surface area contributed by atoms with Crippen molar-refractivity contribution in [1.82, 2.24) is 0 Å². The largest absolute Gasteiger partial charge is 0.0651 e. The summed E-state index contributed by atoms with van der Waals surface area (Å²) in [6, 6.07) is 73.8. The third-order valence-electron chi connectivity index (χ3n) is 11.3. The molecule has 0 spiro atoms. The van der Waals surface area contributed by atoms with Crippen molar-refractivity contribution in [2.75, 3.05) is 0 Å². The molecule has 0 fully saturated rings. The molecule has 1 unspecified atom stereocenters. The van der Waals surface area contributed by atoms with Gasteiger partial charge in [0.15, 0.2) is 0 Å². The van der Waals surface area contributed by atoms with Gasteiger partial charge in [-0.15, -0.1) is 0 Å². The smallest absolute Gasteiger partial charge is 0.0155 e. The van der Waals surface area contributed by atoms with E-state index in [9.17, 15) is 0 Å². The Morgan fingerprint density at radius 3 is 1.22 bits per heavy atom. The van der Waals surface area contributed by atoms with Gasteiger partial charge in [0.2, 0.25) is 0 Å². The average Bonchev–Trinajstić information content (AvgIpc) is 3.25. The second-order valence-electron chi connectivity index (χ2n) is 14.9. The molecule has 0 bridgehead atoms. The minimum absolute atomic E-state index is 0.202. The van der Waals surface area contributed by atoms with Gasteiger partial charge in [0.05, 0.1) is 0 Å². The Morgan fingerprint density at radius 2 is 0.745 bits per heavy atom. The topological polar surface area (TPSA) is 0 Å². The number of rotatable bonds is 11. The van der Waals surface area contributed by atoms with Gasteiger partial charge in [0.25, 0.3) is 0 Å². The van der Waals surface area contributed by atoms with Gasteiger partial charge in [-0.3, -0.25) is 0 Å². The zero-order valence-corrected chi connectivity index (χ0v) is 32.1. The molecule has 0 aromatic heterocycles. The predicted molar refractivity (Wildman–Crippen MR) is 235 cm³/mol. The molecule has 0 aliphatic rings. The average molecular weight is 709 g/mol. The molecule has 0 amide bonds. The second kappa shape index (κ2) is 16.4. The standard InChI is InChI=1S/C55H48/c1-4-13-49-32-37-52(38-54(49)53-19-12-11-14-39(53)2)48-26-24-47(25-27-48)46-22-20-41(21-23-46)40(3)55(50-33-28-44(29-34-50)42-15-7-5-8-16-42)51-35-30-45(31-36-51)43-17-9-6-10-18-43/h5-12,14-38,40,55H,4,13H2,1-3H3. The molecule has 0 saturated carbocycles. The van der Waals surface area contributed by atoms with Crippen molar-refractivity contribution in [3.63, 3.8) is 0 Å². The van der Waals surface area contributed by atoms with E-state index in [2.05, 4.69) is 221 Å². The van der Waals surface area contributed by atoms with Crippen LogP contribution in [0.3, 0.4) is 0 Å². The van der Waals surface area contributed by atoms with Gasteiger partial charge in [-0.1, -0.05) is 214 Å². The summed E-state index contributed by atoms with van der Waals surface area (Å²) in [7, 11) is 0. The zero-order chi connectivity index (χ0) is 37.6. The van der Waals surface area contributed by atoms with E-state index in [4.69, 9.17) is 0 Å². The van der Waals surface area contributed by atoms with Gasteiger partial charge in [-0.25, -0.2) is 0 Å². The van der Waals surface area contributed by atoms with E-state index < -0.39 is 0 Å². The van der Waals surface area contributed by atoms with E-state index in [1.54, 1.807) is 0 Å². The quantitative estimate of drug-likeness (QED) is 0.125. The number of benzene rings is 8. The fourth-order valence-electron chi connectivity index (χ4n) is 8.19. The highest BCUT2D eigenvalue weighted by atomic mass is 14.3. The summed E-state index contributed by atoms with van der Waals surface area (Å²) in [6.45, 7) is 6.85. The Kier molecular flexibility index (Phi) is 10.7. The van der Waals surface area contributed by atoms with Crippen LogP contribution >= 0.6 is 0 Å². The highest BCUT2D eigenvalue weighted by Gasteiger charge is 2.23. The van der Waals surface area contributed by atoms with Crippen LogP contribution in [0.2, 0.25) is 0 Å². The van der Waals surface area contributed by atoms with Crippen LogP contribution in [0.4, 0.5) is 0 Å². The third kappa shape index (κ3) is 7.87. The number of hydrogen-bond acceptors (Lipinski definition) is 0. The van der Waals surface area contributed by atoms with Crippen LogP contribution in [0.25, 0.3) is 55.6 Å². The van der Waals surface area contributed by atoms with Crippen molar-refractivity contribution in [2.24, 2.45) is 0 Å². The SMILES string of the molecule is CCCc1ccc(-c2ccc(-c3ccc(C(C)C(c4ccc(-c5ccccc5)cc4)c4ccc(-c5ccccc5)cc4)cc3)cc2)cc1-c1ccccc1C. The van der Waals surface area contributed by atoms with E-state index in [0.29, 0.717) is 0 Å². The number of aryl methyl sites for hydroxylation is 2. The van der Waals surface area contributed by atoms with E-state index >= 15 is 0 Å². The van der Waals surface area contributed by atoms with E-state index in [0.717, 1.165) is 12.8 Å². The Bertz CT molecular complexity index is 2370. The molecule has 0 saturated heterocycles. The lowest BCUT2D eigenvalue weighted by molar-refractivity contribution is 0.658. The Hall–Kier alpha value is -6.24. The molecule has 0 radical (unpaired) electrons. The molecule has 0 heterocycles. The molecule has 268 valence electrons. The Balaban J connectivity index is 1.06. The van der Waals surface area contributed by atoms with E-state index in [-0.39, 0.29) is 11.8 Å². The highest BCUT2D eigenvalue weighted by Crippen LogP contribution is 2.41. The normalized spacial score (nSPS) is 11.8. The summed E-state index contributed by atoms with van der Waals surface area (Å²) in [5.41, 5.74) is 19.3. The van der Waals surface area contributed by atoms with Crippen molar-refractivity contribution in [1.29, 1.82) is 0 Å². The Morgan fingerprint density at radius 1 is 0.364 bits per heavy atom. The summed E-state index contributed by atoms with van der Waals surface area (Å²) in [5, 5.41) is 0. The molecule has 0 nitrogen and oxygen atoms in total. The summed E-state index contributed by atoms with van der Waals surface area (Å²) in [6.07, 6.45) is 2.22. The molecule has 0 N–H and O–H groups in total. The first kappa shape index (κ1) is 35.8. The summed E-state index contributed by atoms with van der Waals surface area (Å²) in [4.78, 5) is 0. The fourth-order valence-corrected chi connectivity index (χ4v) is 8.19. The lowest BCUT2D eigenvalue weighted by atomic mass is 9.77. The van der Waals surface area contributed by atoms with Crippen molar-refractivity contribution < 1.29 is 0 Å². The minimum Gasteiger partial charge on any atom is -0.0651 e. The van der Waals surface area contributed by atoms with Crippen LogP contribution in [-0.2, 0) is 6.42 Å². The van der Waals surface area contributed by atoms with Crippen LogP contribution in [0.1, 0.15) is 59.9 Å². The van der Waals surface area contributed by atoms with E-state index in [1.165, 1.54) is 83.5 Å². The summed E-state index contributed by atoms with van der Waals surface area (Å²) >= 11 is 0. The third-order valence-corrected chi connectivity index (χ3v) is 11.3. The molecule has 1 atom stereocenters. The molecule has 0 aliphatic heterocycles. The van der Waals surface area contributed by atoms with Gasteiger partial charge in [-0.05, 0) is 109 Å². The molecule has 8 aromatic rings. The van der Waals surface area contributed by atoms with Crippen LogP contribution in [0.5, 0.6) is 0 Å². The van der Waals surface area contributed by atoms with Crippen molar-refractivity contribution in [3.8, 4) is 55.6 Å². The fraction of sp³-hybridized carbons (Fsp3) is 0.127. The van der Waals surface area contributed by atoms with Gasteiger partial charge < -0.3 is 0 Å². The molecule has 0 aliphatic carbocycles. The predicted octanol–water partition coefficient (Wildman–Crippen LogP) is 15.2. The lowest BCUT2D eigenvalue weighted by Gasteiger charge is -2.26. The van der Waals surface area contributed by atoms with Crippen LogP contribution in [-0.4, -0.2) is 0 Å². The van der Waals surface area contributed by atoms with Crippen molar-refractivity contribution in [3.05, 3.63) is 228 Å². The summed E-state index contributed by atoms with van der Waals surface area (Å²) < 4.78 is 0. The highest BCUT2D eigenvalue weighted by molar-refractivity contribution is 5.78. The maximum Gasteiger partial charge on any atom is 0.0155 e. The number of hydrogen-bond donors (Lipinski definition) is 0. The van der Waals surface area contributed by atoms with Crippen LogP contribution in [0, 0.1) is 6.92 Å². The van der Waals surface area contributed by atoms with Gasteiger partial charge >= 0.3 is 0 Å². The van der Waals surface area contributed by atoms with Gasteiger partial charge in [0, 0.05) is 5.92 Å². The molecule has 0 heteroatoms. The first-order valence-corrected chi connectivity index (χ1v) is 19.8. The van der Waals surface area contributed by atoms with Crippen LogP contribution in [0.15, 0.2) is 200 Å². The maximum atomic E-state index is 2.39. The van der Waals surface area contributed by atoms with Gasteiger partial charge in [0.1, 0.15) is 0 Å². The van der Waals surface area contributed by atoms with Crippen molar-refractivity contribution >= 4 is 0 Å². The molecule has 8 rings (SSSR count). The Labute approximate surface area is 327 Å². The molecular weight excluding hydrogens is 661 g/mol. The second-order valence-corrected chi connectivity index (χ2v) is 14.9. The minimum atomic E-state index is 0.202. The maximum absolute atomic E-state index is 2.39. The van der Waals surface area contributed by atoms with Crippen molar-refractivity contribution in [2.45, 2.75) is 45.4 Å². The molecule has 8 aromatic carbocycles. The first-order valence-electron chi connectivity index (χ1n) is 19.8. The first-order chi connectivity index (χ1) is 27.1. The van der Waals surface area contributed by atoms with Gasteiger partial charge in [-0.2, -0.15) is 0 Å². The molecule has 55 heavy (non-hydrogen) atoms. The van der Waals surface area contributed by atoms with Crippen LogP contribution < -0.4 is 0 Å². The van der Waals surface area contributed by atoms with E-state index in [1.807, 2.05) is 0 Å². The summed E-state index contributed by atoms with van der Waals surface area (Å²) in [5.74, 6) is 0.466. The monoisotopic (exact) mass is 708 g/mol. The zero-order valence-electron chi connectivity index (χ0n) is 32.1. The lowest BCUT2D eigenvalue weighted by Crippen LogP contribution is -2.10.